The molecule has 2 N–H and O–H groups in total. The molecule has 0 aliphatic heterocycles. The molecule has 90 valence electrons. The molecule has 1 aromatic carbocycles. The minimum atomic E-state index is 0.738. The highest BCUT2D eigenvalue weighted by Crippen LogP contribution is 2.13. The summed E-state index contributed by atoms with van der Waals surface area (Å²) < 4.78 is 10.5. The first-order valence-corrected chi connectivity index (χ1v) is 6.53. The summed E-state index contributed by atoms with van der Waals surface area (Å²) in [6.45, 7) is 1.58. The number of nitrogens with two attached hydrogens (primary N) is 1. The van der Waals surface area contributed by atoms with Gasteiger partial charge in [-0.1, -0.05) is 0 Å². The molecular formula is C12H19NO2S. The van der Waals surface area contributed by atoms with Crippen LogP contribution in [0, 0.1) is 0 Å². The van der Waals surface area contributed by atoms with Gasteiger partial charge in [0.2, 0.25) is 0 Å². The third-order valence-corrected chi connectivity index (χ3v) is 3.05. The third kappa shape index (κ3) is 5.88. The fourth-order valence-corrected chi connectivity index (χ4v) is 1.92. The van der Waals surface area contributed by atoms with Crippen molar-refractivity contribution in [2.24, 2.45) is 0 Å². The summed E-state index contributed by atoms with van der Waals surface area (Å²) in [4.78, 5) is 0. The van der Waals surface area contributed by atoms with Crippen LogP contribution >= 0.6 is 11.8 Å². The van der Waals surface area contributed by atoms with Crippen molar-refractivity contribution < 1.29 is 9.47 Å². The molecule has 0 spiro atoms. The Morgan fingerprint density at radius 2 is 1.88 bits per heavy atom. The second-order valence-corrected chi connectivity index (χ2v) is 4.60. The van der Waals surface area contributed by atoms with Crippen molar-refractivity contribution in [1.29, 1.82) is 0 Å². The van der Waals surface area contributed by atoms with E-state index >= 15 is 0 Å². The minimum Gasteiger partial charge on any atom is -0.493 e. The van der Waals surface area contributed by atoms with E-state index in [9.17, 15) is 0 Å². The summed E-state index contributed by atoms with van der Waals surface area (Å²) in [7, 11) is 1.73. The molecule has 0 aromatic heterocycles. The molecule has 16 heavy (non-hydrogen) atoms. The Kier molecular flexibility index (Phi) is 6.85. The van der Waals surface area contributed by atoms with Crippen molar-refractivity contribution in [1.82, 2.24) is 0 Å². The predicted molar refractivity (Wildman–Crippen MR) is 70.2 cm³/mol. The first kappa shape index (κ1) is 13.2. The summed E-state index contributed by atoms with van der Waals surface area (Å²) >= 11 is 1.89. The van der Waals surface area contributed by atoms with Gasteiger partial charge in [-0.3, -0.25) is 0 Å². The van der Waals surface area contributed by atoms with Crippen LogP contribution in [-0.2, 0) is 4.74 Å². The number of anilines is 1. The van der Waals surface area contributed by atoms with E-state index in [2.05, 4.69) is 0 Å². The summed E-state index contributed by atoms with van der Waals surface area (Å²) in [5.74, 6) is 3.01. The average Bonchev–Trinajstić information content (AvgIpc) is 2.30. The van der Waals surface area contributed by atoms with E-state index < -0.39 is 0 Å². The average molecular weight is 241 g/mol. The van der Waals surface area contributed by atoms with Gasteiger partial charge in [0.15, 0.2) is 0 Å². The van der Waals surface area contributed by atoms with Gasteiger partial charge in [0.1, 0.15) is 5.75 Å². The largest absolute Gasteiger partial charge is 0.493 e. The van der Waals surface area contributed by atoms with Crippen LogP contribution in [0.3, 0.4) is 0 Å². The quantitative estimate of drug-likeness (QED) is 0.561. The highest BCUT2D eigenvalue weighted by molar-refractivity contribution is 7.99. The maximum absolute atomic E-state index is 5.58. The van der Waals surface area contributed by atoms with Gasteiger partial charge in [0.25, 0.3) is 0 Å². The van der Waals surface area contributed by atoms with E-state index in [-0.39, 0.29) is 0 Å². The number of benzene rings is 1. The van der Waals surface area contributed by atoms with Crippen molar-refractivity contribution >= 4 is 17.4 Å². The number of hydrogen-bond donors (Lipinski definition) is 1. The molecule has 0 radical (unpaired) electrons. The first-order chi connectivity index (χ1) is 7.83. The highest BCUT2D eigenvalue weighted by atomic mass is 32.2. The van der Waals surface area contributed by atoms with Gasteiger partial charge in [-0.15, -0.1) is 0 Å². The van der Waals surface area contributed by atoms with Crippen molar-refractivity contribution in [3.8, 4) is 5.75 Å². The molecule has 3 nitrogen and oxygen atoms in total. The molecule has 0 atom stereocenters. The zero-order chi connectivity index (χ0) is 11.6. The SMILES string of the molecule is COCCCSCCOc1ccc(N)cc1. The van der Waals surface area contributed by atoms with E-state index in [1.807, 2.05) is 36.0 Å². The summed E-state index contributed by atoms with van der Waals surface area (Å²) in [5.41, 5.74) is 6.34. The molecule has 0 fully saturated rings. The molecule has 1 rings (SSSR count). The number of nitrogen functional groups attached to an aromatic ring is 1. The van der Waals surface area contributed by atoms with Gasteiger partial charge < -0.3 is 15.2 Å². The zero-order valence-corrected chi connectivity index (χ0v) is 10.5. The summed E-state index contributed by atoms with van der Waals surface area (Å²) in [6, 6.07) is 7.48. The van der Waals surface area contributed by atoms with Crippen LogP contribution in [0.4, 0.5) is 5.69 Å². The summed E-state index contributed by atoms with van der Waals surface area (Å²) in [6.07, 6.45) is 1.10. The zero-order valence-electron chi connectivity index (χ0n) is 9.65. The second-order valence-electron chi connectivity index (χ2n) is 3.38. The van der Waals surface area contributed by atoms with Crippen LogP contribution in [-0.4, -0.2) is 31.8 Å². The Morgan fingerprint density at radius 1 is 1.12 bits per heavy atom. The Bertz CT molecular complexity index is 277. The van der Waals surface area contributed by atoms with Gasteiger partial charge in [-0.05, 0) is 36.4 Å². The van der Waals surface area contributed by atoms with Gasteiger partial charge in [-0.25, -0.2) is 0 Å². The number of hydrogen-bond acceptors (Lipinski definition) is 4. The number of ether oxygens (including phenoxy) is 2. The van der Waals surface area contributed by atoms with Gasteiger partial charge >= 0.3 is 0 Å². The van der Waals surface area contributed by atoms with Crippen LogP contribution in [0.2, 0.25) is 0 Å². The molecule has 0 unspecified atom stereocenters. The fourth-order valence-electron chi connectivity index (χ4n) is 1.19. The standard InChI is InChI=1S/C12H19NO2S/c1-14-7-2-9-16-10-8-15-12-5-3-11(13)4-6-12/h3-6H,2,7-10,13H2,1H3. The molecule has 0 saturated carbocycles. The van der Waals surface area contributed by atoms with E-state index in [1.165, 1.54) is 0 Å². The van der Waals surface area contributed by atoms with Crippen LogP contribution in [0.1, 0.15) is 6.42 Å². The topological polar surface area (TPSA) is 44.5 Å². The maximum atomic E-state index is 5.58. The van der Waals surface area contributed by atoms with E-state index in [1.54, 1.807) is 7.11 Å². The molecular weight excluding hydrogens is 222 g/mol. The van der Waals surface area contributed by atoms with Crippen LogP contribution in [0.5, 0.6) is 5.75 Å². The molecule has 0 saturated heterocycles. The first-order valence-electron chi connectivity index (χ1n) is 5.38. The molecule has 0 aliphatic rings. The Morgan fingerprint density at radius 3 is 2.56 bits per heavy atom. The van der Waals surface area contributed by atoms with E-state index in [0.29, 0.717) is 0 Å². The third-order valence-electron chi connectivity index (χ3n) is 2.01. The number of rotatable bonds is 8. The minimum absolute atomic E-state index is 0.738. The van der Waals surface area contributed by atoms with Crippen LogP contribution in [0.15, 0.2) is 24.3 Å². The van der Waals surface area contributed by atoms with Crippen LogP contribution in [0.25, 0.3) is 0 Å². The van der Waals surface area contributed by atoms with E-state index in [4.69, 9.17) is 15.2 Å². The van der Waals surface area contributed by atoms with Crippen LogP contribution < -0.4 is 10.5 Å². The molecule has 0 bridgehead atoms. The lowest BCUT2D eigenvalue weighted by Crippen LogP contribution is -2.01. The fraction of sp³-hybridized carbons (Fsp3) is 0.500. The lowest BCUT2D eigenvalue weighted by atomic mass is 10.3. The molecule has 0 heterocycles. The second kappa shape index (κ2) is 8.30. The Hall–Kier alpha value is -0.870. The Balaban J connectivity index is 2.01. The highest BCUT2D eigenvalue weighted by Gasteiger charge is 1.94. The molecule has 1 aromatic rings. The van der Waals surface area contributed by atoms with Crippen molar-refractivity contribution in [3.05, 3.63) is 24.3 Å². The number of methoxy groups -OCH3 is 1. The van der Waals surface area contributed by atoms with Crippen molar-refractivity contribution in [3.63, 3.8) is 0 Å². The smallest absolute Gasteiger partial charge is 0.119 e. The van der Waals surface area contributed by atoms with Gasteiger partial charge in [0.05, 0.1) is 6.61 Å². The predicted octanol–water partition coefficient (Wildman–Crippen LogP) is 2.42. The van der Waals surface area contributed by atoms with E-state index in [0.717, 1.165) is 42.6 Å². The van der Waals surface area contributed by atoms with Gasteiger partial charge in [0, 0.05) is 25.2 Å². The maximum Gasteiger partial charge on any atom is 0.119 e. The molecule has 0 aliphatic carbocycles. The Labute approximate surface area is 101 Å². The van der Waals surface area contributed by atoms with Crippen molar-refractivity contribution in [2.75, 3.05) is 37.6 Å². The van der Waals surface area contributed by atoms with Crippen molar-refractivity contribution in [2.45, 2.75) is 6.42 Å². The number of thioether (sulfide) groups is 1. The molecule has 4 heteroatoms. The van der Waals surface area contributed by atoms with Gasteiger partial charge in [-0.2, -0.15) is 11.8 Å². The normalized spacial score (nSPS) is 10.3. The lowest BCUT2D eigenvalue weighted by molar-refractivity contribution is 0.200. The monoisotopic (exact) mass is 241 g/mol. The molecule has 0 amide bonds. The lowest BCUT2D eigenvalue weighted by Gasteiger charge is -2.06. The summed E-state index contributed by atoms with van der Waals surface area (Å²) in [5, 5.41) is 0.